The van der Waals surface area contributed by atoms with Crippen molar-refractivity contribution in [2.24, 2.45) is 0 Å². The Labute approximate surface area is 157 Å². The van der Waals surface area contributed by atoms with Crippen LogP contribution in [0.2, 0.25) is 0 Å². The van der Waals surface area contributed by atoms with Gasteiger partial charge in [-0.05, 0) is 24.8 Å². The van der Waals surface area contributed by atoms with Crippen molar-refractivity contribution >= 4 is 5.97 Å². The van der Waals surface area contributed by atoms with E-state index in [9.17, 15) is 4.79 Å². The Morgan fingerprint density at radius 3 is 2.58 bits per heavy atom. The molecular weight excluding hydrogens is 328 g/mol. The average Bonchev–Trinajstić information content (AvgIpc) is 2.98. The van der Waals surface area contributed by atoms with Gasteiger partial charge in [-0.15, -0.1) is 0 Å². The SMILES string of the molecule is CCCCC(=O)OCC[C@@H]1OC2(CCCCC2)O[C@H]1Cc1ccccc1. The number of unbranched alkanes of at least 4 members (excludes halogenated alkanes) is 1. The lowest BCUT2D eigenvalue weighted by molar-refractivity contribution is -0.194. The first-order valence-corrected chi connectivity index (χ1v) is 10.3. The van der Waals surface area contributed by atoms with Crippen LogP contribution in [0.25, 0.3) is 0 Å². The van der Waals surface area contributed by atoms with Crippen LogP contribution in [0.5, 0.6) is 0 Å². The Kier molecular flexibility index (Phi) is 7.09. The Morgan fingerprint density at radius 2 is 1.85 bits per heavy atom. The molecular formula is C22H32O4. The van der Waals surface area contributed by atoms with Gasteiger partial charge < -0.3 is 14.2 Å². The number of rotatable bonds is 8. The minimum Gasteiger partial charge on any atom is -0.466 e. The molecule has 3 rings (SSSR count). The van der Waals surface area contributed by atoms with Crippen LogP contribution in [0.1, 0.15) is 70.3 Å². The molecule has 1 heterocycles. The van der Waals surface area contributed by atoms with Crippen LogP contribution in [0.3, 0.4) is 0 Å². The molecule has 4 heteroatoms. The highest BCUT2D eigenvalue weighted by atomic mass is 16.8. The van der Waals surface area contributed by atoms with E-state index in [-0.39, 0.29) is 18.2 Å². The van der Waals surface area contributed by atoms with Gasteiger partial charge >= 0.3 is 5.97 Å². The molecule has 0 radical (unpaired) electrons. The highest BCUT2D eigenvalue weighted by Gasteiger charge is 2.47. The summed E-state index contributed by atoms with van der Waals surface area (Å²) in [5.41, 5.74) is 1.26. The van der Waals surface area contributed by atoms with Crippen molar-refractivity contribution in [1.29, 1.82) is 0 Å². The first kappa shape index (κ1) is 19.4. The van der Waals surface area contributed by atoms with Gasteiger partial charge in [0.05, 0.1) is 18.8 Å². The van der Waals surface area contributed by atoms with E-state index in [2.05, 4.69) is 31.2 Å². The summed E-state index contributed by atoms with van der Waals surface area (Å²) in [5.74, 6) is -0.507. The fourth-order valence-electron chi connectivity index (χ4n) is 4.00. The molecule has 2 fully saturated rings. The fraction of sp³-hybridized carbons (Fsp3) is 0.682. The van der Waals surface area contributed by atoms with Gasteiger partial charge in [0.2, 0.25) is 0 Å². The van der Waals surface area contributed by atoms with Crippen molar-refractivity contribution in [2.75, 3.05) is 6.61 Å². The highest BCUT2D eigenvalue weighted by molar-refractivity contribution is 5.69. The van der Waals surface area contributed by atoms with E-state index in [0.717, 1.165) is 44.9 Å². The number of hydrogen-bond acceptors (Lipinski definition) is 4. The summed E-state index contributed by atoms with van der Waals surface area (Å²) in [6.07, 6.45) is 9.53. The zero-order valence-corrected chi connectivity index (χ0v) is 16.0. The third kappa shape index (κ3) is 5.31. The molecule has 1 spiro atoms. The number of esters is 1. The molecule has 0 amide bonds. The molecule has 1 aliphatic carbocycles. The summed E-state index contributed by atoms with van der Waals surface area (Å²) >= 11 is 0. The van der Waals surface area contributed by atoms with E-state index in [1.165, 1.54) is 12.0 Å². The summed E-state index contributed by atoms with van der Waals surface area (Å²) in [6, 6.07) is 10.4. The molecule has 2 aliphatic rings. The van der Waals surface area contributed by atoms with Crippen molar-refractivity contribution in [3.63, 3.8) is 0 Å². The molecule has 4 nitrogen and oxygen atoms in total. The second-order valence-corrected chi connectivity index (χ2v) is 7.59. The second-order valence-electron chi connectivity index (χ2n) is 7.59. The molecule has 2 atom stereocenters. The molecule has 0 N–H and O–H groups in total. The summed E-state index contributed by atoms with van der Waals surface area (Å²) < 4.78 is 18.3. The molecule has 1 aromatic carbocycles. The molecule has 0 aromatic heterocycles. The number of carbonyl (C=O) groups excluding carboxylic acids is 1. The summed E-state index contributed by atoms with van der Waals surface area (Å²) in [5, 5.41) is 0. The summed E-state index contributed by atoms with van der Waals surface area (Å²) in [6.45, 7) is 2.49. The predicted molar refractivity (Wildman–Crippen MR) is 101 cm³/mol. The largest absolute Gasteiger partial charge is 0.466 e. The molecule has 0 unspecified atom stereocenters. The van der Waals surface area contributed by atoms with Crippen LogP contribution < -0.4 is 0 Å². The quantitative estimate of drug-likeness (QED) is 0.625. The van der Waals surface area contributed by atoms with Crippen LogP contribution in [-0.2, 0) is 25.4 Å². The Balaban J connectivity index is 1.57. The van der Waals surface area contributed by atoms with Crippen LogP contribution in [0, 0.1) is 0 Å². The molecule has 1 saturated heterocycles. The third-order valence-corrected chi connectivity index (χ3v) is 5.44. The van der Waals surface area contributed by atoms with Gasteiger partial charge in [-0.1, -0.05) is 50.1 Å². The summed E-state index contributed by atoms with van der Waals surface area (Å²) in [7, 11) is 0. The fourth-order valence-corrected chi connectivity index (χ4v) is 4.00. The van der Waals surface area contributed by atoms with Crippen LogP contribution in [-0.4, -0.2) is 30.6 Å². The van der Waals surface area contributed by atoms with E-state index >= 15 is 0 Å². The molecule has 1 aromatic rings. The van der Waals surface area contributed by atoms with E-state index in [4.69, 9.17) is 14.2 Å². The van der Waals surface area contributed by atoms with Crippen molar-refractivity contribution < 1.29 is 19.0 Å². The van der Waals surface area contributed by atoms with Gasteiger partial charge in [0, 0.05) is 32.1 Å². The minimum atomic E-state index is -0.408. The maximum atomic E-state index is 11.7. The van der Waals surface area contributed by atoms with E-state index < -0.39 is 5.79 Å². The monoisotopic (exact) mass is 360 g/mol. The number of carbonyl (C=O) groups is 1. The van der Waals surface area contributed by atoms with Crippen LogP contribution in [0.15, 0.2) is 30.3 Å². The Morgan fingerprint density at radius 1 is 1.12 bits per heavy atom. The lowest BCUT2D eigenvalue weighted by Crippen LogP contribution is -2.33. The number of ether oxygens (including phenoxy) is 3. The smallest absolute Gasteiger partial charge is 0.305 e. The van der Waals surface area contributed by atoms with E-state index in [1.54, 1.807) is 0 Å². The summed E-state index contributed by atoms with van der Waals surface area (Å²) in [4.78, 5) is 11.7. The van der Waals surface area contributed by atoms with Gasteiger partial charge in [0.15, 0.2) is 5.79 Å². The molecule has 26 heavy (non-hydrogen) atoms. The number of hydrogen-bond donors (Lipinski definition) is 0. The molecule has 1 aliphatic heterocycles. The zero-order valence-electron chi connectivity index (χ0n) is 16.0. The lowest BCUT2D eigenvalue weighted by Gasteiger charge is -2.32. The maximum absolute atomic E-state index is 11.7. The maximum Gasteiger partial charge on any atom is 0.305 e. The minimum absolute atomic E-state index is 0.00715. The van der Waals surface area contributed by atoms with Gasteiger partial charge in [0.1, 0.15) is 0 Å². The zero-order chi connectivity index (χ0) is 18.2. The van der Waals surface area contributed by atoms with E-state index in [1.807, 2.05) is 6.07 Å². The van der Waals surface area contributed by atoms with Crippen LogP contribution in [0.4, 0.5) is 0 Å². The van der Waals surface area contributed by atoms with Gasteiger partial charge in [-0.2, -0.15) is 0 Å². The lowest BCUT2D eigenvalue weighted by atomic mass is 9.94. The van der Waals surface area contributed by atoms with Gasteiger partial charge in [-0.3, -0.25) is 4.79 Å². The van der Waals surface area contributed by atoms with E-state index in [0.29, 0.717) is 19.4 Å². The Bertz CT molecular complexity index is 551. The Hall–Kier alpha value is -1.39. The highest BCUT2D eigenvalue weighted by Crippen LogP contribution is 2.42. The van der Waals surface area contributed by atoms with Gasteiger partial charge in [0.25, 0.3) is 0 Å². The normalized spacial score (nSPS) is 24.7. The molecule has 144 valence electrons. The van der Waals surface area contributed by atoms with Crippen molar-refractivity contribution in [3.05, 3.63) is 35.9 Å². The number of benzene rings is 1. The topological polar surface area (TPSA) is 44.8 Å². The predicted octanol–water partition coefficient (Wildman–Crippen LogP) is 4.80. The standard InChI is InChI=1S/C22H32O4/c1-2-3-12-21(23)24-16-13-19-20(17-18-10-6-4-7-11-18)26-22(25-19)14-8-5-9-15-22/h4,6-7,10-11,19-20H,2-3,5,8-9,12-17H2,1H3/t19-,20-/m0/s1. The second kappa shape index (κ2) is 9.52. The molecule has 1 saturated carbocycles. The van der Waals surface area contributed by atoms with Crippen molar-refractivity contribution in [1.82, 2.24) is 0 Å². The first-order valence-electron chi connectivity index (χ1n) is 10.3. The van der Waals surface area contributed by atoms with Gasteiger partial charge in [-0.25, -0.2) is 0 Å². The van der Waals surface area contributed by atoms with Crippen molar-refractivity contribution in [3.8, 4) is 0 Å². The molecule has 0 bridgehead atoms. The average molecular weight is 360 g/mol. The first-order chi connectivity index (χ1) is 12.7. The van der Waals surface area contributed by atoms with Crippen LogP contribution >= 0.6 is 0 Å². The van der Waals surface area contributed by atoms with Crippen molar-refractivity contribution in [2.45, 2.75) is 89.1 Å². The third-order valence-electron chi connectivity index (χ3n) is 5.44.